The van der Waals surface area contributed by atoms with Gasteiger partial charge in [-0.15, -0.1) is 11.3 Å². The number of carbonyl (C=O) groups excluding carboxylic acids is 1. The average molecular weight is 321 g/mol. The predicted molar refractivity (Wildman–Crippen MR) is 88.0 cm³/mol. The third-order valence-corrected chi connectivity index (χ3v) is 4.55. The summed E-state index contributed by atoms with van der Waals surface area (Å²) < 4.78 is 15.5. The molecular formula is C16H19NO4S. The Hall–Kier alpha value is -2.21. The van der Waals surface area contributed by atoms with E-state index < -0.39 is 5.97 Å². The lowest BCUT2D eigenvalue weighted by Crippen LogP contribution is -2.05. The van der Waals surface area contributed by atoms with Crippen molar-refractivity contribution < 1.29 is 19.0 Å². The van der Waals surface area contributed by atoms with E-state index in [9.17, 15) is 4.79 Å². The molecule has 0 fully saturated rings. The maximum atomic E-state index is 12.1. The molecule has 0 saturated carbocycles. The highest BCUT2D eigenvalue weighted by Crippen LogP contribution is 2.42. The van der Waals surface area contributed by atoms with Gasteiger partial charge in [0.25, 0.3) is 0 Å². The van der Waals surface area contributed by atoms with E-state index >= 15 is 0 Å². The van der Waals surface area contributed by atoms with Crippen molar-refractivity contribution in [2.24, 2.45) is 0 Å². The largest absolute Gasteiger partial charge is 0.493 e. The molecule has 5 nitrogen and oxygen atoms in total. The first-order chi connectivity index (χ1) is 10.6. The fraction of sp³-hybridized carbons (Fsp3) is 0.312. The lowest BCUT2D eigenvalue weighted by atomic mass is 9.99. The van der Waals surface area contributed by atoms with Crippen molar-refractivity contribution in [3.8, 4) is 22.6 Å². The second-order valence-electron chi connectivity index (χ2n) is 4.55. The van der Waals surface area contributed by atoms with E-state index in [0.717, 1.165) is 22.4 Å². The van der Waals surface area contributed by atoms with Crippen LogP contribution in [0.3, 0.4) is 0 Å². The number of esters is 1. The fourth-order valence-corrected chi connectivity index (χ4v) is 3.37. The fourth-order valence-electron chi connectivity index (χ4n) is 2.35. The molecule has 0 amide bonds. The van der Waals surface area contributed by atoms with Crippen molar-refractivity contribution >= 4 is 22.3 Å². The number of thiophene rings is 1. The van der Waals surface area contributed by atoms with Gasteiger partial charge in [-0.05, 0) is 24.1 Å². The van der Waals surface area contributed by atoms with Crippen LogP contribution in [0.5, 0.6) is 11.5 Å². The highest BCUT2D eigenvalue weighted by molar-refractivity contribution is 7.17. The minimum Gasteiger partial charge on any atom is -0.493 e. The van der Waals surface area contributed by atoms with E-state index in [-0.39, 0.29) is 0 Å². The minimum absolute atomic E-state index is 0.413. The second-order valence-corrected chi connectivity index (χ2v) is 5.69. The Morgan fingerprint density at radius 3 is 2.41 bits per heavy atom. The maximum Gasteiger partial charge on any atom is 0.341 e. The van der Waals surface area contributed by atoms with Gasteiger partial charge >= 0.3 is 5.97 Å². The SMILES string of the molecule is CCc1sc(N)c(C(=O)OC)c1-c1ccc(OC)c(OC)c1. The molecule has 0 atom stereocenters. The quantitative estimate of drug-likeness (QED) is 0.855. The number of rotatable bonds is 5. The van der Waals surface area contributed by atoms with Crippen LogP contribution in [0, 0.1) is 0 Å². The van der Waals surface area contributed by atoms with Crippen LogP contribution in [-0.2, 0) is 11.2 Å². The van der Waals surface area contributed by atoms with Crippen molar-refractivity contribution in [3.05, 3.63) is 28.6 Å². The highest BCUT2D eigenvalue weighted by atomic mass is 32.1. The van der Waals surface area contributed by atoms with Gasteiger partial charge in [0, 0.05) is 10.4 Å². The van der Waals surface area contributed by atoms with Gasteiger partial charge in [-0.1, -0.05) is 13.0 Å². The van der Waals surface area contributed by atoms with E-state index in [1.54, 1.807) is 14.2 Å². The lowest BCUT2D eigenvalue weighted by Gasteiger charge is -2.11. The van der Waals surface area contributed by atoms with E-state index in [2.05, 4.69) is 0 Å². The van der Waals surface area contributed by atoms with E-state index in [0.29, 0.717) is 22.1 Å². The molecule has 0 spiro atoms. The van der Waals surface area contributed by atoms with Gasteiger partial charge < -0.3 is 19.9 Å². The number of nitrogen functional groups attached to an aromatic ring is 1. The van der Waals surface area contributed by atoms with Gasteiger partial charge in [0.15, 0.2) is 11.5 Å². The van der Waals surface area contributed by atoms with Crippen molar-refractivity contribution in [1.29, 1.82) is 0 Å². The normalized spacial score (nSPS) is 10.4. The molecule has 118 valence electrons. The Morgan fingerprint density at radius 1 is 1.18 bits per heavy atom. The van der Waals surface area contributed by atoms with E-state index in [1.165, 1.54) is 18.4 Å². The van der Waals surface area contributed by atoms with Crippen LogP contribution < -0.4 is 15.2 Å². The Balaban J connectivity index is 2.68. The topological polar surface area (TPSA) is 70.8 Å². The van der Waals surface area contributed by atoms with Gasteiger partial charge in [0.2, 0.25) is 0 Å². The van der Waals surface area contributed by atoms with Gasteiger partial charge in [0.1, 0.15) is 10.6 Å². The molecular weight excluding hydrogens is 302 g/mol. The predicted octanol–water partition coefficient (Wildman–Crippen LogP) is 3.36. The summed E-state index contributed by atoms with van der Waals surface area (Å²) in [5, 5.41) is 0.466. The van der Waals surface area contributed by atoms with Gasteiger partial charge in [-0.2, -0.15) is 0 Å². The molecule has 0 aliphatic rings. The number of benzene rings is 1. The van der Waals surface area contributed by atoms with Crippen molar-refractivity contribution in [3.63, 3.8) is 0 Å². The van der Waals surface area contributed by atoms with E-state index in [4.69, 9.17) is 19.9 Å². The molecule has 0 bridgehead atoms. The molecule has 0 saturated heterocycles. The smallest absolute Gasteiger partial charge is 0.341 e. The third-order valence-electron chi connectivity index (χ3n) is 3.39. The van der Waals surface area contributed by atoms with Gasteiger partial charge in [-0.25, -0.2) is 4.79 Å². The first kappa shape index (κ1) is 16.2. The molecule has 2 aromatic rings. The zero-order valence-electron chi connectivity index (χ0n) is 13.1. The molecule has 2 N–H and O–H groups in total. The first-order valence-electron chi connectivity index (χ1n) is 6.79. The zero-order chi connectivity index (χ0) is 16.3. The zero-order valence-corrected chi connectivity index (χ0v) is 13.9. The summed E-state index contributed by atoms with van der Waals surface area (Å²) in [5.74, 6) is 0.799. The Morgan fingerprint density at radius 2 is 1.86 bits per heavy atom. The number of aryl methyl sites for hydroxylation is 1. The summed E-state index contributed by atoms with van der Waals surface area (Å²) in [5.41, 5.74) is 8.09. The Kier molecular flexibility index (Phi) is 4.92. The van der Waals surface area contributed by atoms with Crippen LogP contribution in [0.4, 0.5) is 5.00 Å². The molecule has 2 rings (SSSR count). The minimum atomic E-state index is -0.432. The number of ether oxygens (including phenoxy) is 3. The maximum absolute atomic E-state index is 12.1. The molecule has 0 radical (unpaired) electrons. The van der Waals surface area contributed by atoms with Gasteiger partial charge in [0.05, 0.1) is 21.3 Å². The van der Waals surface area contributed by atoms with Crippen LogP contribution in [-0.4, -0.2) is 27.3 Å². The Labute approximate surface area is 133 Å². The standard InChI is InChI=1S/C16H19NO4S/c1-5-12-13(14(15(17)22-12)16(18)21-4)9-6-7-10(19-2)11(8-9)20-3/h6-8H,5,17H2,1-4H3. The monoisotopic (exact) mass is 321 g/mol. The van der Waals surface area contributed by atoms with Crippen molar-refractivity contribution in [1.82, 2.24) is 0 Å². The number of nitrogens with two attached hydrogens (primary N) is 1. The molecule has 1 heterocycles. The highest BCUT2D eigenvalue weighted by Gasteiger charge is 2.24. The number of anilines is 1. The van der Waals surface area contributed by atoms with Crippen LogP contribution in [0.25, 0.3) is 11.1 Å². The summed E-state index contributed by atoms with van der Waals surface area (Å²) >= 11 is 1.41. The summed E-state index contributed by atoms with van der Waals surface area (Å²) in [6.07, 6.45) is 0.773. The number of methoxy groups -OCH3 is 3. The molecule has 6 heteroatoms. The van der Waals surface area contributed by atoms with Crippen LogP contribution in [0.2, 0.25) is 0 Å². The van der Waals surface area contributed by atoms with E-state index in [1.807, 2.05) is 25.1 Å². The molecule has 22 heavy (non-hydrogen) atoms. The number of hydrogen-bond acceptors (Lipinski definition) is 6. The number of hydrogen-bond donors (Lipinski definition) is 1. The lowest BCUT2D eigenvalue weighted by molar-refractivity contribution is 0.0603. The molecule has 1 aromatic carbocycles. The molecule has 0 aliphatic carbocycles. The van der Waals surface area contributed by atoms with Gasteiger partial charge in [-0.3, -0.25) is 0 Å². The molecule has 0 aliphatic heterocycles. The van der Waals surface area contributed by atoms with Crippen LogP contribution >= 0.6 is 11.3 Å². The molecule has 0 unspecified atom stereocenters. The summed E-state index contributed by atoms with van der Waals surface area (Å²) in [6, 6.07) is 5.53. The first-order valence-corrected chi connectivity index (χ1v) is 7.60. The van der Waals surface area contributed by atoms with Crippen LogP contribution in [0.15, 0.2) is 18.2 Å². The average Bonchev–Trinajstić information content (AvgIpc) is 2.89. The van der Waals surface area contributed by atoms with Crippen molar-refractivity contribution in [2.45, 2.75) is 13.3 Å². The number of carbonyl (C=O) groups is 1. The summed E-state index contributed by atoms with van der Waals surface area (Å²) in [7, 11) is 4.51. The van der Waals surface area contributed by atoms with Crippen LogP contribution in [0.1, 0.15) is 22.2 Å². The second kappa shape index (κ2) is 6.70. The third kappa shape index (κ3) is 2.74. The summed E-state index contributed by atoms with van der Waals surface area (Å²) in [6.45, 7) is 2.02. The summed E-state index contributed by atoms with van der Waals surface area (Å²) in [4.78, 5) is 13.1. The van der Waals surface area contributed by atoms with Crippen molar-refractivity contribution in [2.75, 3.05) is 27.1 Å². The molecule has 1 aromatic heterocycles. The Bertz CT molecular complexity index is 694.